The van der Waals surface area contributed by atoms with Crippen molar-refractivity contribution in [1.29, 1.82) is 0 Å². The number of hydrogen-bond acceptors (Lipinski definition) is 1. The smallest absolute Gasteiger partial charge is 0.164 e. The molecule has 1 aromatic rings. The van der Waals surface area contributed by atoms with Gasteiger partial charge in [0.2, 0.25) is 0 Å². The molecule has 1 aromatic carbocycles. The Hall–Kier alpha value is -0.790. The molecule has 0 saturated carbocycles. The van der Waals surface area contributed by atoms with Crippen LogP contribution in [0.5, 0.6) is 0 Å². The van der Waals surface area contributed by atoms with E-state index < -0.39 is 0 Å². The summed E-state index contributed by atoms with van der Waals surface area (Å²) in [6.07, 6.45) is 2.78. The summed E-state index contributed by atoms with van der Waals surface area (Å²) in [4.78, 5) is 11.6. The number of rotatable bonds is 4. The molecule has 0 saturated heterocycles. The van der Waals surface area contributed by atoms with E-state index in [1.807, 2.05) is 0 Å². The van der Waals surface area contributed by atoms with E-state index >= 15 is 0 Å². The first kappa shape index (κ1) is 11.3. The zero-order chi connectivity index (χ0) is 10.6. The Morgan fingerprint density at radius 3 is 2.79 bits per heavy atom. The Morgan fingerprint density at radius 1 is 1.43 bits per heavy atom. The van der Waals surface area contributed by atoms with Crippen LogP contribution < -0.4 is 0 Å². The predicted octanol–water partition coefficient (Wildman–Crippen LogP) is 4.14. The summed E-state index contributed by atoms with van der Waals surface area (Å²) >= 11 is 11.7. The molecule has 0 aromatic heterocycles. The topological polar surface area (TPSA) is 17.1 Å². The summed E-state index contributed by atoms with van der Waals surface area (Å²) < 4.78 is 0. The zero-order valence-corrected chi connectivity index (χ0v) is 9.11. The highest BCUT2D eigenvalue weighted by Gasteiger charge is 2.11. The largest absolute Gasteiger partial charge is 0.294 e. The number of carbonyl (C=O) groups is 1. The normalized spacial score (nSPS) is 9.86. The van der Waals surface area contributed by atoms with Crippen molar-refractivity contribution in [1.82, 2.24) is 0 Å². The molecule has 0 heterocycles. The van der Waals surface area contributed by atoms with Crippen molar-refractivity contribution in [3.05, 3.63) is 46.5 Å². The third-order valence-corrected chi connectivity index (χ3v) is 2.65. The van der Waals surface area contributed by atoms with Gasteiger partial charge in [0.25, 0.3) is 0 Å². The van der Waals surface area contributed by atoms with E-state index in [1.54, 1.807) is 24.3 Å². The molecule has 0 aliphatic heterocycles. The van der Waals surface area contributed by atoms with Gasteiger partial charge in [0.1, 0.15) is 0 Å². The molecule has 0 aliphatic carbocycles. The van der Waals surface area contributed by atoms with Crippen LogP contribution in [-0.4, -0.2) is 5.78 Å². The summed E-state index contributed by atoms with van der Waals surface area (Å²) in [6.45, 7) is 3.56. The van der Waals surface area contributed by atoms with Gasteiger partial charge in [0.05, 0.1) is 10.0 Å². The molecule has 0 bridgehead atoms. The van der Waals surface area contributed by atoms with Crippen LogP contribution in [0.4, 0.5) is 0 Å². The van der Waals surface area contributed by atoms with E-state index in [0.717, 1.165) is 0 Å². The van der Waals surface area contributed by atoms with Crippen LogP contribution in [0.3, 0.4) is 0 Å². The minimum absolute atomic E-state index is 0.00241. The third kappa shape index (κ3) is 2.60. The fraction of sp³-hybridized carbons (Fsp3) is 0.182. The molecule has 0 aliphatic rings. The molecule has 0 unspecified atom stereocenters. The van der Waals surface area contributed by atoms with Crippen LogP contribution in [-0.2, 0) is 0 Å². The molecular formula is C11H10Cl2O. The van der Waals surface area contributed by atoms with Crippen molar-refractivity contribution in [2.45, 2.75) is 12.8 Å². The molecule has 3 heteroatoms. The minimum atomic E-state index is -0.00241. The number of halogens is 2. The molecule has 0 N–H and O–H groups in total. The molecule has 1 rings (SSSR count). The molecule has 14 heavy (non-hydrogen) atoms. The fourth-order valence-electron chi connectivity index (χ4n) is 1.09. The van der Waals surface area contributed by atoms with Gasteiger partial charge >= 0.3 is 0 Å². The van der Waals surface area contributed by atoms with Crippen molar-refractivity contribution in [2.75, 3.05) is 0 Å². The standard InChI is InChI=1S/C11H10Cl2O/c1-2-3-7-10(14)8-5-4-6-9(12)11(8)13/h2,4-6H,1,3,7H2. The quantitative estimate of drug-likeness (QED) is 0.560. The first-order valence-corrected chi connectivity index (χ1v) is 5.00. The average Bonchev–Trinajstić information content (AvgIpc) is 2.18. The lowest BCUT2D eigenvalue weighted by molar-refractivity contribution is 0.0984. The maximum absolute atomic E-state index is 11.6. The molecule has 74 valence electrons. The lowest BCUT2D eigenvalue weighted by Gasteiger charge is -2.03. The maximum atomic E-state index is 11.6. The van der Waals surface area contributed by atoms with Gasteiger partial charge in [-0.05, 0) is 18.6 Å². The number of allylic oxidation sites excluding steroid dienone is 1. The predicted molar refractivity (Wildman–Crippen MR) is 60.2 cm³/mol. The Labute approximate surface area is 93.3 Å². The number of Topliss-reactive ketones (excluding diaryl/α,β-unsaturated/α-hetero) is 1. The van der Waals surface area contributed by atoms with E-state index in [-0.39, 0.29) is 5.78 Å². The minimum Gasteiger partial charge on any atom is -0.294 e. The fourth-order valence-corrected chi connectivity index (χ4v) is 1.49. The van der Waals surface area contributed by atoms with Gasteiger partial charge in [0.15, 0.2) is 5.78 Å². The molecular weight excluding hydrogens is 219 g/mol. The van der Waals surface area contributed by atoms with Crippen LogP contribution in [0, 0.1) is 0 Å². The monoisotopic (exact) mass is 228 g/mol. The van der Waals surface area contributed by atoms with E-state index in [0.29, 0.717) is 28.5 Å². The Morgan fingerprint density at radius 2 is 2.14 bits per heavy atom. The highest BCUT2D eigenvalue weighted by molar-refractivity contribution is 6.43. The van der Waals surface area contributed by atoms with E-state index in [4.69, 9.17) is 23.2 Å². The van der Waals surface area contributed by atoms with Gasteiger partial charge in [-0.25, -0.2) is 0 Å². The second-order valence-electron chi connectivity index (χ2n) is 2.85. The van der Waals surface area contributed by atoms with Gasteiger partial charge in [-0.3, -0.25) is 4.79 Å². The maximum Gasteiger partial charge on any atom is 0.164 e. The van der Waals surface area contributed by atoms with Crippen LogP contribution in [0.15, 0.2) is 30.9 Å². The highest BCUT2D eigenvalue weighted by atomic mass is 35.5. The van der Waals surface area contributed by atoms with Gasteiger partial charge in [-0.2, -0.15) is 0 Å². The Balaban J connectivity index is 2.89. The first-order chi connectivity index (χ1) is 6.66. The van der Waals surface area contributed by atoms with Crippen molar-refractivity contribution in [3.8, 4) is 0 Å². The molecule has 0 radical (unpaired) electrons. The van der Waals surface area contributed by atoms with Gasteiger partial charge in [-0.1, -0.05) is 35.3 Å². The molecule has 0 spiro atoms. The number of hydrogen-bond donors (Lipinski definition) is 0. The van der Waals surface area contributed by atoms with Crippen molar-refractivity contribution in [2.24, 2.45) is 0 Å². The highest BCUT2D eigenvalue weighted by Crippen LogP contribution is 2.26. The summed E-state index contributed by atoms with van der Waals surface area (Å²) in [7, 11) is 0. The van der Waals surface area contributed by atoms with Crippen LogP contribution >= 0.6 is 23.2 Å². The van der Waals surface area contributed by atoms with Crippen LogP contribution in [0.1, 0.15) is 23.2 Å². The zero-order valence-electron chi connectivity index (χ0n) is 7.59. The Kier molecular flexibility index (Phi) is 4.18. The number of benzene rings is 1. The number of ketones is 1. The SMILES string of the molecule is C=CCCC(=O)c1cccc(Cl)c1Cl. The summed E-state index contributed by atoms with van der Waals surface area (Å²) in [5.74, 6) is -0.00241. The second-order valence-corrected chi connectivity index (χ2v) is 3.64. The summed E-state index contributed by atoms with van der Waals surface area (Å²) in [5.41, 5.74) is 0.487. The van der Waals surface area contributed by atoms with E-state index in [9.17, 15) is 4.79 Å². The van der Waals surface area contributed by atoms with Gasteiger partial charge < -0.3 is 0 Å². The van der Waals surface area contributed by atoms with Crippen LogP contribution in [0.25, 0.3) is 0 Å². The van der Waals surface area contributed by atoms with Crippen LogP contribution in [0.2, 0.25) is 10.0 Å². The first-order valence-electron chi connectivity index (χ1n) is 4.25. The molecule has 0 atom stereocenters. The summed E-state index contributed by atoms with van der Waals surface area (Å²) in [5, 5.41) is 0.749. The van der Waals surface area contributed by atoms with Crippen molar-refractivity contribution < 1.29 is 4.79 Å². The van der Waals surface area contributed by atoms with E-state index in [1.165, 1.54) is 0 Å². The lowest BCUT2D eigenvalue weighted by Crippen LogP contribution is -1.99. The van der Waals surface area contributed by atoms with Crippen molar-refractivity contribution in [3.63, 3.8) is 0 Å². The van der Waals surface area contributed by atoms with Crippen molar-refractivity contribution >= 4 is 29.0 Å². The van der Waals surface area contributed by atoms with Gasteiger partial charge in [-0.15, -0.1) is 6.58 Å². The summed E-state index contributed by atoms with van der Waals surface area (Å²) in [6, 6.07) is 5.06. The second kappa shape index (κ2) is 5.18. The molecule has 0 fully saturated rings. The van der Waals surface area contributed by atoms with Gasteiger partial charge in [0, 0.05) is 12.0 Å². The Bertz CT molecular complexity index is 358. The van der Waals surface area contributed by atoms with E-state index in [2.05, 4.69) is 6.58 Å². The average molecular weight is 229 g/mol. The molecule has 0 amide bonds. The number of carbonyl (C=O) groups excluding carboxylic acids is 1. The lowest BCUT2D eigenvalue weighted by atomic mass is 10.1. The third-order valence-electron chi connectivity index (χ3n) is 1.83. The molecule has 1 nitrogen and oxygen atoms in total.